The van der Waals surface area contributed by atoms with Crippen LogP contribution in [0.5, 0.6) is 0 Å². The number of aromatic nitrogens is 4. The molecule has 0 fully saturated rings. The first kappa shape index (κ1) is 17.9. The number of nitrogens with zero attached hydrogens (tertiary/aromatic N) is 3. The molecule has 2 aromatic carbocycles. The number of imidazole rings is 1. The third-order valence-electron chi connectivity index (χ3n) is 5.39. The van der Waals surface area contributed by atoms with Gasteiger partial charge in [-0.1, -0.05) is 42.5 Å². The van der Waals surface area contributed by atoms with E-state index in [4.69, 9.17) is 15.5 Å². The van der Waals surface area contributed by atoms with Crippen molar-refractivity contribution in [3.8, 4) is 11.1 Å². The first-order valence-electron chi connectivity index (χ1n) is 9.90. The van der Waals surface area contributed by atoms with Gasteiger partial charge in [-0.25, -0.2) is 19.3 Å². The molecule has 0 aliphatic rings. The number of ether oxygens (including phenoxy) is 1. The van der Waals surface area contributed by atoms with E-state index in [-0.39, 0.29) is 12.4 Å². The maximum absolute atomic E-state index is 12.8. The van der Waals surface area contributed by atoms with Gasteiger partial charge in [-0.2, -0.15) is 0 Å². The van der Waals surface area contributed by atoms with Crippen molar-refractivity contribution >= 4 is 60.2 Å². The van der Waals surface area contributed by atoms with Crippen molar-refractivity contribution in [3.05, 3.63) is 60.2 Å². The summed E-state index contributed by atoms with van der Waals surface area (Å²) in [5.41, 5.74) is 11.7. The molecule has 0 atom stereocenters. The molecule has 0 aliphatic carbocycles. The molecule has 0 spiro atoms. The molecule has 0 bridgehead atoms. The third kappa shape index (κ3) is 2.48. The molecule has 0 saturated heterocycles. The van der Waals surface area contributed by atoms with Crippen LogP contribution in [0.1, 0.15) is 17.3 Å². The van der Waals surface area contributed by atoms with Gasteiger partial charge >= 0.3 is 5.97 Å². The highest BCUT2D eigenvalue weighted by molar-refractivity contribution is 7.26. The zero-order valence-electron chi connectivity index (χ0n) is 16.5. The second-order valence-corrected chi connectivity index (χ2v) is 8.21. The summed E-state index contributed by atoms with van der Waals surface area (Å²) in [4.78, 5) is 23.2. The van der Waals surface area contributed by atoms with E-state index in [9.17, 15) is 4.79 Å². The average molecular weight is 427 g/mol. The fraction of sp³-hybridized carbons (Fsp3) is 0.0870. The van der Waals surface area contributed by atoms with Gasteiger partial charge in [0, 0.05) is 5.56 Å². The van der Waals surface area contributed by atoms with E-state index in [0.717, 1.165) is 48.2 Å². The number of nitrogens with one attached hydrogen (secondary N) is 1. The smallest absolute Gasteiger partial charge is 0.342 e. The maximum Gasteiger partial charge on any atom is 0.342 e. The summed E-state index contributed by atoms with van der Waals surface area (Å²) in [6.45, 7) is 2.04. The lowest BCUT2D eigenvalue weighted by Gasteiger charge is -2.12. The van der Waals surface area contributed by atoms with Gasteiger partial charge in [0.15, 0.2) is 5.65 Å². The average Bonchev–Trinajstić information content (AvgIpc) is 3.41. The number of aromatic amines is 1. The Labute approximate surface area is 180 Å². The molecular formula is C23H17N5O2S. The Balaban J connectivity index is 1.76. The first-order chi connectivity index (χ1) is 15.2. The number of benzene rings is 2. The van der Waals surface area contributed by atoms with Crippen molar-refractivity contribution < 1.29 is 9.53 Å². The summed E-state index contributed by atoms with van der Waals surface area (Å²) in [5, 5.41) is 4.34. The van der Waals surface area contributed by atoms with Gasteiger partial charge < -0.3 is 10.5 Å². The van der Waals surface area contributed by atoms with Crippen LogP contribution >= 0.6 is 11.3 Å². The highest BCUT2D eigenvalue weighted by Crippen LogP contribution is 2.43. The predicted octanol–water partition coefficient (Wildman–Crippen LogP) is 5.00. The summed E-state index contributed by atoms with van der Waals surface area (Å²) in [6.07, 6.45) is 0. The summed E-state index contributed by atoms with van der Waals surface area (Å²) in [7, 11) is 0. The van der Waals surface area contributed by atoms with E-state index in [0.29, 0.717) is 5.56 Å². The number of carbonyl (C=O) groups excluding carboxylic acids is 1. The lowest BCUT2D eigenvalue weighted by molar-refractivity contribution is 0.0528. The molecular weight excluding hydrogens is 410 g/mol. The molecule has 3 N–H and O–H groups in total. The van der Waals surface area contributed by atoms with Crippen LogP contribution < -0.4 is 5.73 Å². The molecule has 31 heavy (non-hydrogen) atoms. The number of pyridine rings is 1. The normalized spacial score (nSPS) is 11.8. The fourth-order valence-corrected chi connectivity index (χ4v) is 5.30. The van der Waals surface area contributed by atoms with Gasteiger partial charge in [0.1, 0.15) is 16.2 Å². The zero-order chi connectivity index (χ0) is 21.1. The Kier molecular flexibility index (Phi) is 3.78. The molecule has 8 heteroatoms. The number of thiophene rings is 1. The molecule has 7 nitrogen and oxygen atoms in total. The van der Waals surface area contributed by atoms with Crippen LogP contribution in [0.3, 0.4) is 0 Å². The maximum atomic E-state index is 12.8. The van der Waals surface area contributed by atoms with Crippen molar-refractivity contribution in [3.63, 3.8) is 0 Å². The van der Waals surface area contributed by atoms with Crippen molar-refractivity contribution in [2.24, 2.45) is 0 Å². The number of hydrogen-bond acceptors (Lipinski definition) is 6. The first-order valence-corrected chi connectivity index (χ1v) is 10.7. The van der Waals surface area contributed by atoms with Gasteiger partial charge in [-0.05, 0) is 24.6 Å². The molecule has 0 amide bonds. The van der Waals surface area contributed by atoms with Gasteiger partial charge in [-0.15, -0.1) is 11.3 Å². The van der Waals surface area contributed by atoms with E-state index in [1.54, 1.807) is 6.92 Å². The molecule has 6 aromatic rings. The molecule has 152 valence electrons. The highest BCUT2D eigenvalue weighted by atomic mass is 32.1. The fourth-order valence-electron chi connectivity index (χ4n) is 4.10. The van der Waals surface area contributed by atoms with Gasteiger partial charge in [0.25, 0.3) is 0 Å². The number of carbonyl (C=O) groups is 1. The van der Waals surface area contributed by atoms with E-state index in [1.807, 2.05) is 59.1 Å². The lowest BCUT2D eigenvalue weighted by atomic mass is 9.99. The van der Waals surface area contributed by atoms with Crippen LogP contribution in [-0.4, -0.2) is 32.2 Å². The van der Waals surface area contributed by atoms with Crippen LogP contribution in [0.2, 0.25) is 0 Å². The predicted molar refractivity (Wildman–Crippen MR) is 124 cm³/mol. The quantitative estimate of drug-likeness (QED) is 0.387. The second-order valence-electron chi connectivity index (χ2n) is 7.19. The van der Waals surface area contributed by atoms with Gasteiger partial charge in [0.05, 0.1) is 33.2 Å². The third-order valence-corrected chi connectivity index (χ3v) is 6.49. The van der Waals surface area contributed by atoms with E-state index >= 15 is 0 Å². The minimum Gasteiger partial charge on any atom is -0.462 e. The Morgan fingerprint density at radius 1 is 1.13 bits per heavy atom. The molecule has 0 aliphatic heterocycles. The SMILES string of the molecule is CCOC(=O)c1c(N)nc2c(sc3[nH]n4c5ccccc5nc4c32)c1-c1ccccc1. The number of anilines is 1. The number of H-pyrrole nitrogens is 1. The summed E-state index contributed by atoms with van der Waals surface area (Å²) >= 11 is 1.54. The molecule has 4 heterocycles. The Morgan fingerprint density at radius 2 is 1.90 bits per heavy atom. The van der Waals surface area contributed by atoms with Crippen LogP contribution in [0.4, 0.5) is 5.82 Å². The van der Waals surface area contributed by atoms with Crippen LogP contribution in [0.15, 0.2) is 54.6 Å². The Morgan fingerprint density at radius 3 is 2.71 bits per heavy atom. The molecule has 4 aromatic heterocycles. The number of nitrogens with two attached hydrogens (primary N) is 1. The standard InChI is InChI=1S/C23H17N5O2S/c1-2-30-23(29)16-15(12-8-4-3-5-9-12)19-18(26-20(16)24)17-21-25-13-10-6-7-11-14(13)28(21)27-22(17)31-19/h3-11,27H,2H2,1H3,(H2,24,26). The second kappa shape index (κ2) is 6.55. The molecule has 0 saturated carbocycles. The van der Waals surface area contributed by atoms with Crippen LogP contribution in [0.25, 0.3) is 48.2 Å². The number of rotatable bonds is 3. The van der Waals surface area contributed by atoms with Crippen molar-refractivity contribution in [1.29, 1.82) is 0 Å². The van der Waals surface area contributed by atoms with Gasteiger partial charge in [0.2, 0.25) is 0 Å². The van der Waals surface area contributed by atoms with Crippen molar-refractivity contribution in [2.45, 2.75) is 6.92 Å². The summed E-state index contributed by atoms with van der Waals surface area (Å²) < 4.78 is 8.15. The topological polar surface area (TPSA) is 98.3 Å². The Bertz CT molecular complexity index is 1630. The van der Waals surface area contributed by atoms with Crippen molar-refractivity contribution in [1.82, 2.24) is 19.6 Å². The number of para-hydroxylation sites is 2. The zero-order valence-corrected chi connectivity index (χ0v) is 17.4. The van der Waals surface area contributed by atoms with Crippen LogP contribution in [0, 0.1) is 0 Å². The van der Waals surface area contributed by atoms with E-state index in [1.165, 1.54) is 11.3 Å². The van der Waals surface area contributed by atoms with E-state index < -0.39 is 5.97 Å². The monoisotopic (exact) mass is 427 g/mol. The Hall–Kier alpha value is -3.91. The molecule has 0 unspecified atom stereocenters. The minimum atomic E-state index is -0.470. The highest BCUT2D eigenvalue weighted by Gasteiger charge is 2.26. The minimum absolute atomic E-state index is 0.153. The lowest BCUT2D eigenvalue weighted by Crippen LogP contribution is -2.11. The van der Waals surface area contributed by atoms with Gasteiger partial charge in [-0.3, -0.25) is 5.10 Å². The van der Waals surface area contributed by atoms with Crippen LogP contribution in [-0.2, 0) is 4.74 Å². The molecule has 6 rings (SSSR count). The number of nitrogen functional groups attached to an aromatic ring is 1. The van der Waals surface area contributed by atoms with E-state index in [2.05, 4.69) is 10.1 Å². The van der Waals surface area contributed by atoms with Crippen molar-refractivity contribution in [2.75, 3.05) is 12.3 Å². The largest absolute Gasteiger partial charge is 0.462 e. The number of hydrogen-bond donors (Lipinski definition) is 2. The number of esters is 1. The summed E-state index contributed by atoms with van der Waals surface area (Å²) in [6, 6.07) is 17.7. The number of fused-ring (bicyclic) bond motifs is 7. The summed E-state index contributed by atoms with van der Waals surface area (Å²) in [5.74, 6) is -0.318. The molecule has 0 radical (unpaired) electrons.